The lowest BCUT2D eigenvalue weighted by molar-refractivity contribution is 0.216. The zero-order valence-corrected chi connectivity index (χ0v) is 18.7. The van der Waals surface area contributed by atoms with E-state index in [0.717, 1.165) is 5.69 Å². The normalized spacial score (nSPS) is 15.7. The second kappa shape index (κ2) is 9.20. The SMILES string of the molecule is Cc1ccc(C(O)C2=C(NS(=O)(=O)c3ccc(OC(C)C)cc3)CCC(Cl)=C2)cn1. The van der Waals surface area contributed by atoms with E-state index in [1.54, 1.807) is 36.5 Å². The number of aryl methyl sites for hydroxylation is 1. The van der Waals surface area contributed by atoms with E-state index in [1.165, 1.54) is 12.1 Å². The summed E-state index contributed by atoms with van der Waals surface area (Å²) in [6.45, 7) is 5.65. The standard InChI is InChI=1S/C22H25ClN2O4S/c1-14(2)29-18-7-9-19(10-8-18)30(27,28)25-21-11-6-17(23)12-20(21)22(26)16-5-4-15(3)24-13-16/h4-5,7-10,12-14,22,25-26H,6,11H2,1-3H3. The molecule has 1 aromatic carbocycles. The molecule has 8 heteroatoms. The molecule has 0 aliphatic heterocycles. The van der Waals surface area contributed by atoms with Crippen LogP contribution in [0.3, 0.4) is 0 Å². The van der Waals surface area contributed by atoms with Crippen LogP contribution in [0.5, 0.6) is 5.75 Å². The molecule has 1 heterocycles. The Morgan fingerprint density at radius 2 is 1.83 bits per heavy atom. The summed E-state index contributed by atoms with van der Waals surface area (Å²) >= 11 is 6.19. The lowest BCUT2D eigenvalue weighted by Gasteiger charge is -2.23. The van der Waals surface area contributed by atoms with Gasteiger partial charge in [0.25, 0.3) is 10.0 Å². The minimum Gasteiger partial charge on any atom is -0.491 e. The molecule has 1 aromatic heterocycles. The minimum absolute atomic E-state index is 0.00479. The Labute approximate surface area is 182 Å². The molecular weight excluding hydrogens is 424 g/mol. The van der Waals surface area contributed by atoms with Gasteiger partial charge >= 0.3 is 0 Å². The molecular formula is C22H25ClN2O4S. The zero-order valence-electron chi connectivity index (χ0n) is 17.1. The molecule has 1 aliphatic carbocycles. The van der Waals surface area contributed by atoms with Gasteiger partial charge in [-0.15, -0.1) is 0 Å². The Morgan fingerprint density at radius 3 is 2.43 bits per heavy atom. The second-order valence-corrected chi connectivity index (χ2v) is 9.57. The van der Waals surface area contributed by atoms with Crippen LogP contribution in [0.4, 0.5) is 0 Å². The number of aliphatic hydroxyl groups is 1. The molecule has 3 rings (SSSR count). The van der Waals surface area contributed by atoms with Crippen LogP contribution in [0.25, 0.3) is 0 Å². The third-order valence-electron chi connectivity index (χ3n) is 4.58. The number of pyridine rings is 1. The van der Waals surface area contributed by atoms with Gasteiger partial charge in [-0.3, -0.25) is 9.71 Å². The van der Waals surface area contributed by atoms with Crippen molar-refractivity contribution in [2.45, 2.75) is 50.7 Å². The molecule has 30 heavy (non-hydrogen) atoms. The number of allylic oxidation sites excluding steroid dienone is 2. The summed E-state index contributed by atoms with van der Waals surface area (Å²) in [5.41, 5.74) is 2.21. The maximum absolute atomic E-state index is 12.9. The molecule has 0 bridgehead atoms. The van der Waals surface area contributed by atoms with Crippen molar-refractivity contribution in [2.24, 2.45) is 0 Å². The van der Waals surface area contributed by atoms with Crippen molar-refractivity contribution < 1.29 is 18.3 Å². The van der Waals surface area contributed by atoms with Gasteiger partial charge in [-0.1, -0.05) is 17.7 Å². The number of aromatic nitrogens is 1. The third kappa shape index (κ3) is 5.41. The van der Waals surface area contributed by atoms with Gasteiger partial charge in [0.1, 0.15) is 11.9 Å². The predicted molar refractivity (Wildman–Crippen MR) is 117 cm³/mol. The van der Waals surface area contributed by atoms with Crippen molar-refractivity contribution in [1.29, 1.82) is 0 Å². The van der Waals surface area contributed by atoms with Gasteiger partial charge < -0.3 is 9.84 Å². The molecule has 0 saturated heterocycles. The summed E-state index contributed by atoms with van der Waals surface area (Å²) in [6.07, 6.45) is 3.00. The first-order chi connectivity index (χ1) is 14.2. The van der Waals surface area contributed by atoms with E-state index >= 15 is 0 Å². The molecule has 2 N–H and O–H groups in total. The van der Waals surface area contributed by atoms with Crippen LogP contribution in [0.15, 0.2) is 69.9 Å². The molecule has 1 unspecified atom stereocenters. The molecule has 0 amide bonds. The molecule has 0 radical (unpaired) electrons. The number of halogens is 1. The number of hydrogen-bond donors (Lipinski definition) is 2. The maximum atomic E-state index is 12.9. The van der Waals surface area contributed by atoms with Crippen molar-refractivity contribution in [3.05, 3.63) is 76.2 Å². The number of nitrogens with zero attached hydrogens (tertiary/aromatic N) is 1. The molecule has 2 aromatic rings. The van der Waals surface area contributed by atoms with Gasteiger partial charge in [0.2, 0.25) is 0 Å². The van der Waals surface area contributed by atoms with Crippen LogP contribution in [0.1, 0.15) is 44.1 Å². The first-order valence-corrected chi connectivity index (χ1v) is 11.5. The van der Waals surface area contributed by atoms with Crippen molar-refractivity contribution in [1.82, 2.24) is 9.71 Å². The Morgan fingerprint density at radius 1 is 1.13 bits per heavy atom. The van der Waals surface area contributed by atoms with Crippen LogP contribution >= 0.6 is 11.6 Å². The van der Waals surface area contributed by atoms with E-state index in [0.29, 0.717) is 40.5 Å². The predicted octanol–water partition coefficient (Wildman–Crippen LogP) is 4.36. The largest absolute Gasteiger partial charge is 0.491 e. The van der Waals surface area contributed by atoms with Crippen molar-refractivity contribution in [3.63, 3.8) is 0 Å². The van der Waals surface area contributed by atoms with Gasteiger partial charge in [-0.05, 0) is 70.0 Å². The second-order valence-electron chi connectivity index (χ2n) is 7.40. The molecule has 160 valence electrons. The highest BCUT2D eigenvalue weighted by molar-refractivity contribution is 7.89. The summed E-state index contributed by atoms with van der Waals surface area (Å²) in [5.74, 6) is 0.596. The zero-order chi connectivity index (χ0) is 21.9. The lowest BCUT2D eigenvalue weighted by atomic mass is 9.95. The molecule has 6 nitrogen and oxygen atoms in total. The van der Waals surface area contributed by atoms with E-state index in [1.807, 2.05) is 20.8 Å². The third-order valence-corrected chi connectivity index (χ3v) is 6.29. The van der Waals surface area contributed by atoms with Crippen LogP contribution < -0.4 is 9.46 Å². The van der Waals surface area contributed by atoms with Gasteiger partial charge in [0, 0.05) is 33.8 Å². The molecule has 0 spiro atoms. The van der Waals surface area contributed by atoms with Crippen LogP contribution in [-0.2, 0) is 10.0 Å². The average molecular weight is 449 g/mol. The lowest BCUT2D eigenvalue weighted by Crippen LogP contribution is -2.26. The quantitative estimate of drug-likeness (QED) is 0.657. The molecule has 0 saturated carbocycles. The Hall–Kier alpha value is -2.35. The Balaban J connectivity index is 1.90. The summed E-state index contributed by atoms with van der Waals surface area (Å²) in [6, 6.07) is 9.77. The Bertz CT molecular complexity index is 1060. The van der Waals surface area contributed by atoms with Gasteiger partial charge in [-0.25, -0.2) is 8.42 Å². The first-order valence-electron chi connectivity index (χ1n) is 9.65. The van der Waals surface area contributed by atoms with Crippen molar-refractivity contribution >= 4 is 21.6 Å². The number of hydrogen-bond acceptors (Lipinski definition) is 5. The smallest absolute Gasteiger partial charge is 0.261 e. The number of ether oxygens (including phenoxy) is 1. The van der Waals surface area contributed by atoms with E-state index in [-0.39, 0.29) is 11.0 Å². The van der Waals surface area contributed by atoms with Crippen molar-refractivity contribution in [3.8, 4) is 5.75 Å². The summed E-state index contributed by atoms with van der Waals surface area (Å²) in [4.78, 5) is 4.31. The molecule has 1 atom stereocenters. The first kappa shape index (κ1) is 22.3. The monoisotopic (exact) mass is 448 g/mol. The van der Waals surface area contributed by atoms with Crippen LogP contribution in [-0.4, -0.2) is 24.6 Å². The number of nitrogens with one attached hydrogen (secondary N) is 1. The minimum atomic E-state index is -3.84. The Kier molecular flexibility index (Phi) is 6.85. The topological polar surface area (TPSA) is 88.5 Å². The van der Waals surface area contributed by atoms with Gasteiger partial charge in [0.05, 0.1) is 11.0 Å². The fraction of sp³-hybridized carbons (Fsp3) is 0.318. The molecule has 1 aliphatic rings. The van der Waals surface area contributed by atoms with Crippen LogP contribution in [0.2, 0.25) is 0 Å². The number of benzene rings is 1. The highest BCUT2D eigenvalue weighted by Gasteiger charge is 2.24. The summed E-state index contributed by atoms with van der Waals surface area (Å²) < 4.78 is 34.1. The maximum Gasteiger partial charge on any atom is 0.261 e. The summed E-state index contributed by atoms with van der Waals surface area (Å²) in [7, 11) is -3.84. The fourth-order valence-corrected chi connectivity index (χ4v) is 4.45. The highest BCUT2D eigenvalue weighted by Crippen LogP contribution is 2.33. The fourth-order valence-electron chi connectivity index (χ4n) is 3.08. The number of sulfonamides is 1. The number of aliphatic hydroxyl groups excluding tert-OH is 1. The highest BCUT2D eigenvalue weighted by atomic mass is 35.5. The van der Waals surface area contributed by atoms with E-state index in [9.17, 15) is 13.5 Å². The van der Waals surface area contributed by atoms with Gasteiger partial charge in [-0.2, -0.15) is 0 Å². The van der Waals surface area contributed by atoms with Crippen molar-refractivity contribution in [2.75, 3.05) is 0 Å². The van der Waals surface area contributed by atoms with Gasteiger partial charge in [0.15, 0.2) is 0 Å². The van der Waals surface area contributed by atoms with Crippen LogP contribution in [0, 0.1) is 6.92 Å². The number of rotatable bonds is 7. The van der Waals surface area contributed by atoms with E-state index in [2.05, 4.69) is 9.71 Å². The molecule has 0 fully saturated rings. The summed E-state index contributed by atoms with van der Waals surface area (Å²) in [5, 5.41) is 11.4. The average Bonchev–Trinajstić information content (AvgIpc) is 2.69. The van der Waals surface area contributed by atoms with E-state index in [4.69, 9.17) is 16.3 Å². The van der Waals surface area contributed by atoms with E-state index < -0.39 is 16.1 Å².